The molecule has 0 saturated heterocycles. The van der Waals surface area contributed by atoms with E-state index in [1.807, 2.05) is 24.4 Å². The van der Waals surface area contributed by atoms with Crippen LogP contribution < -0.4 is 0 Å². The standard InChI is InChI=1S/C11H12BrNO2S3/c1-8-10(6-11(12)17-8)18(14,15)13(2)7-9-4-3-5-16-9/h3-6H,7H2,1-2H3. The van der Waals surface area contributed by atoms with E-state index in [0.29, 0.717) is 11.4 Å². The van der Waals surface area contributed by atoms with Gasteiger partial charge in [-0.05, 0) is 40.4 Å². The van der Waals surface area contributed by atoms with Crippen LogP contribution in [0.4, 0.5) is 0 Å². The predicted octanol–water partition coefficient (Wildman–Crippen LogP) is 3.70. The maximum atomic E-state index is 12.4. The lowest BCUT2D eigenvalue weighted by molar-refractivity contribution is 0.469. The highest BCUT2D eigenvalue weighted by Crippen LogP contribution is 2.31. The Bertz CT molecular complexity index is 631. The van der Waals surface area contributed by atoms with Gasteiger partial charge < -0.3 is 0 Å². The molecule has 0 saturated carbocycles. The number of halogens is 1. The Labute approximate surface area is 123 Å². The summed E-state index contributed by atoms with van der Waals surface area (Å²) in [4.78, 5) is 2.23. The third-order valence-electron chi connectivity index (χ3n) is 2.49. The third-order valence-corrected chi connectivity index (χ3v) is 6.96. The fraction of sp³-hybridized carbons (Fsp3) is 0.273. The SMILES string of the molecule is Cc1sc(Br)cc1S(=O)(=O)N(C)Cc1cccs1. The molecule has 0 amide bonds. The van der Waals surface area contributed by atoms with Crippen molar-refractivity contribution in [2.45, 2.75) is 18.4 Å². The van der Waals surface area contributed by atoms with Gasteiger partial charge in [-0.25, -0.2) is 8.42 Å². The number of aryl methyl sites for hydroxylation is 1. The van der Waals surface area contributed by atoms with Gasteiger partial charge in [-0.1, -0.05) is 6.07 Å². The largest absolute Gasteiger partial charge is 0.244 e. The van der Waals surface area contributed by atoms with Gasteiger partial charge in [0.1, 0.15) is 0 Å². The molecule has 0 fully saturated rings. The van der Waals surface area contributed by atoms with Crippen molar-refractivity contribution in [1.29, 1.82) is 0 Å². The molecule has 0 atom stereocenters. The summed E-state index contributed by atoms with van der Waals surface area (Å²) < 4.78 is 27.0. The topological polar surface area (TPSA) is 37.4 Å². The molecule has 2 heterocycles. The molecule has 0 aliphatic rings. The van der Waals surface area contributed by atoms with Crippen LogP contribution in [-0.4, -0.2) is 19.8 Å². The summed E-state index contributed by atoms with van der Waals surface area (Å²) in [5.74, 6) is 0. The van der Waals surface area contributed by atoms with Crippen LogP contribution in [0, 0.1) is 6.92 Å². The van der Waals surface area contributed by atoms with Crippen LogP contribution in [0.2, 0.25) is 0 Å². The minimum atomic E-state index is -3.40. The van der Waals surface area contributed by atoms with Crippen molar-refractivity contribution >= 4 is 48.6 Å². The van der Waals surface area contributed by atoms with Crippen molar-refractivity contribution in [1.82, 2.24) is 4.31 Å². The molecule has 2 aromatic heterocycles. The minimum absolute atomic E-state index is 0.387. The molecule has 0 aliphatic heterocycles. The van der Waals surface area contributed by atoms with Gasteiger partial charge in [0.05, 0.1) is 8.68 Å². The van der Waals surface area contributed by atoms with Crippen LogP contribution in [0.1, 0.15) is 9.75 Å². The van der Waals surface area contributed by atoms with Gasteiger partial charge in [-0.2, -0.15) is 4.31 Å². The molecule has 2 rings (SSSR count). The molecule has 0 unspecified atom stereocenters. The maximum absolute atomic E-state index is 12.4. The first-order valence-corrected chi connectivity index (χ1v) is 9.09. The highest BCUT2D eigenvalue weighted by atomic mass is 79.9. The Morgan fingerprint density at radius 2 is 2.17 bits per heavy atom. The van der Waals surface area contributed by atoms with Crippen LogP contribution in [0.25, 0.3) is 0 Å². The average Bonchev–Trinajstić information content (AvgIpc) is 2.88. The Morgan fingerprint density at radius 3 is 2.67 bits per heavy atom. The number of hydrogen-bond donors (Lipinski definition) is 0. The lowest BCUT2D eigenvalue weighted by atomic mass is 10.5. The summed E-state index contributed by atoms with van der Waals surface area (Å²) in [7, 11) is -1.79. The molecule has 98 valence electrons. The van der Waals surface area contributed by atoms with E-state index in [1.54, 1.807) is 24.5 Å². The van der Waals surface area contributed by atoms with E-state index in [9.17, 15) is 8.42 Å². The fourth-order valence-electron chi connectivity index (χ4n) is 1.56. The van der Waals surface area contributed by atoms with Crippen molar-refractivity contribution in [3.05, 3.63) is 37.1 Å². The van der Waals surface area contributed by atoms with E-state index in [2.05, 4.69) is 15.9 Å². The first kappa shape index (κ1) is 14.2. The summed E-state index contributed by atoms with van der Waals surface area (Å²) in [6.07, 6.45) is 0. The average molecular weight is 366 g/mol. The van der Waals surface area contributed by atoms with Crippen molar-refractivity contribution < 1.29 is 8.42 Å². The highest BCUT2D eigenvalue weighted by molar-refractivity contribution is 9.11. The molecule has 3 nitrogen and oxygen atoms in total. The van der Waals surface area contributed by atoms with Crippen LogP contribution >= 0.6 is 38.6 Å². The number of rotatable bonds is 4. The number of thiophene rings is 2. The molecule has 0 aliphatic carbocycles. The second-order valence-electron chi connectivity index (χ2n) is 3.81. The quantitative estimate of drug-likeness (QED) is 0.828. The second kappa shape index (κ2) is 5.42. The molecule has 18 heavy (non-hydrogen) atoms. The zero-order valence-electron chi connectivity index (χ0n) is 9.88. The van der Waals surface area contributed by atoms with Crippen molar-refractivity contribution in [3.63, 3.8) is 0 Å². The third kappa shape index (κ3) is 2.85. The van der Waals surface area contributed by atoms with Gasteiger partial charge in [-0.15, -0.1) is 22.7 Å². The van der Waals surface area contributed by atoms with Crippen molar-refractivity contribution in [2.24, 2.45) is 0 Å². The fourth-order valence-corrected chi connectivity index (χ4v) is 5.93. The monoisotopic (exact) mass is 365 g/mol. The van der Waals surface area contributed by atoms with Crippen LogP contribution in [0.15, 0.2) is 32.3 Å². The first-order valence-electron chi connectivity index (χ1n) is 5.16. The molecule has 2 aromatic rings. The Kier molecular flexibility index (Phi) is 4.28. The van der Waals surface area contributed by atoms with E-state index < -0.39 is 10.0 Å². The summed E-state index contributed by atoms with van der Waals surface area (Å²) in [6.45, 7) is 2.23. The molecular formula is C11H12BrNO2S3. The van der Waals surface area contributed by atoms with Gasteiger partial charge in [0, 0.05) is 23.3 Å². The van der Waals surface area contributed by atoms with Crippen molar-refractivity contribution in [3.8, 4) is 0 Å². The Morgan fingerprint density at radius 1 is 1.44 bits per heavy atom. The normalized spacial score (nSPS) is 12.2. The van der Waals surface area contributed by atoms with Crippen LogP contribution in [-0.2, 0) is 16.6 Å². The van der Waals surface area contributed by atoms with E-state index in [4.69, 9.17) is 0 Å². The molecule has 7 heteroatoms. The van der Waals surface area contributed by atoms with Crippen molar-refractivity contribution in [2.75, 3.05) is 7.05 Å². The smallest absolute Gasteiger partial charge is 0.207 e. The van der Waals surface area contributed by atoms with Gasteiger partial charge in [-0.3, -0.25) is 0 Å². The molecule has 0 aromatic carbocycles. The maximum Gasteiger partial charge on any atom is 0.244 e. The van der Waals surface area contributed by atoms with Gasteiger partial charge in [0.25, 0.3) is 0 Å². The number of hydrogen-bond acceptors (Lipinski definition) is 4. The van der Waals surface area contributed by atoms with Crippen LogP contribution in [0.3, 0.4) is 0 Å². The van der Waals surface area contributed by atoms with E-state index in [-0.39, 0.29) is 0 Å². The molecule has 0 radical (unpaired) electrons. The summed E-state index contributed by atoms with van der Waals surface area (Å²) >= 11 is 6.32. The predicted molar refractivity (Wildman–Crippen MR) is 79.7 cm³/mol. The number of nitrogens with zero attached hydrogens (tertiary/aromatic N) is 1. The van der Waals surface area contributed by atoms with Crippen LogP contribution in [0.5, 0.6) is 0 Å². The lowest BCUT2D eigenvalue weighted by Crippen LogP contribution is -2.26. The molecule has 0 spiro atoms. The Balaban J connectivity index is 2.28. The lowest BCUT2D eigenvalue weighted by Gasteiger charge is -2.15. The summed E-state index contributed by atoms with van der Waals surface area (Å²) in [5.41, 5.74) is 0. The van der Waals surface area contributed by atoms with Gasteiger partial charge in [0.15, 0.2) is 0 Å². The summed E-state index contributed by atoms with van der Waals surface area (Å²) in [5, 5.41) is 1.95. The summed E-state index contributed by atoms with van der Waals surface area (Å²) in [6, 6.07) is 5.53. The van der Waals surface area contributed by atoms with E-state index >= 15 is 0 Å². The first-order chi connectivity index (χ1) is 8.41. The second-order valence-corrected chi connectivity index (χ2v) is 9.49. The highest BCUT2D eigenvalue weighted by Gasteiger charge is 2.24. The number of sulfonamides is 1. The molecule has 0 N–H and O–H groups in total. The van der Waals surface area contributed by atoms with E-state index in [1.165, 1.54) is 15.6 Å². The van der Waals surface area contributed by atoms with E-state index in [0.717, 1.165) is 13.5 Å². The van der Waals surface area contributed by atoms with Gasteiger partial charge in [0.2, 0.25) is 10.0 Å². The molecular weight excluding hydrogens is 354 g/mol. The minimum Gasteiger partial charge on any atom is -0.207 e. The molecule has 0 bridgehead atoms. The van der Waals surface area contributed by atoms with Gasteiger partial charge >= 0.3 is 0 Å². The zero-order valence-corrected chi connectivity index (χ0v) is 13.9. The Hall–Kier alpha value is -0.210. The zero-order chi connectivity index (χ0) is 13.3.